The normalized spacial score (nSPS) is 20.1. The Morgan fingerprint density at radius 2 is 1.85 bits per heavy atom. The van der Waals surface area contributed by atoms with Gasteiger partial charge in [-0.25, -0.2) is 15.0 Å². The molecule has 2 atom stereocenters. The van der Waals surface area contributed by atoms with Gasteiger partial charge in [0, 0.05) is 68.6 Å². The highest BCUT2D eigenvalue weighted by molar-refractivity contribution is 5.67. The molecule has 0 aliphatic carbocycles. The van der Waals surface area contributed by atoms with Crippen molar-refractivity contribution in [2.45, 2.75) is 24.7 Å². The summed E-state index contributed by atoms with van der Waals surface area (Å²) >= 11 is 0. The Morgan fingerprint density at radius 3 is 2.47 bits per heavy atom. The van der Waals surface area contributed by atoms with Crippen molar-refractivity contribution in [3.8, 4) is 11.3 Å². The average molecular weight is 470 g/mol. The summed E-state index contributed by atoms with van der Waals surface area (Å²) in [4.78, 5) is 19.1. The summed E-state index contributed by atoms with van der Waals surface area (Å²) in [6.07, 6.45) is -0.289. The van der Waals surface area contributed by atoms with Crippen LogP contribution in [0, 0.1) is 0 Å². The van der Waals surface area contributed by atoms with Gasteiger partial charge in [-0.2, -0.15) is 13.2 Å². The highest BCUT2D eigenvalue weighted by Crippen LogP contribution is 2.42. The van der Waals surface area contributed by atoms with Gasteiger partial charge in [-0.1, -0.05) is 0 Å². The number of alkyl halides is 3. The average Bonchev–Trinajstić information content (AvgIpc) is 3.38. The second kappa shape index (κ2) is 8.43. The van der Waals surface area contributed by atoms with E-state index in [0.717, 1.165) is 30.4 Å². The number of hydrogen-bond donors (Lipinski definition) is 1. The Morgan fingerprint density at radius 1 is 1.03 bits per heavy atom. The van der Waals surface area contributed by atoms with Crippen LogP contribution < -0.4 is 15.1 Å². The number of fused-ring (bicyclic) bond motifs is 2. The number of pyridine rings is 1. The molecule has 5 rings (SSSR count). The van der Waals surface area contributed by atoms with Gasteiger partial charge in [0.25, 0.3) is 0 Å². The lowest BCUT2D eigenvalue weighted by Crippen LogP contribution is -2.45. The smallest absolute Gasteiger partial charge is 0.365 e. The molecular weight excluding hydrogens is 443 g/mol. The molecule has 178 valence electrons. The Balaban J connectivity index is 1.40. The van der Waals surface area contributed by atoms with E-state index in [1.54, 1.807) is 30.6 Å². The number of halogens is 3. The van der Waals surface area contributed by atoms with E-state index in [1.807, 2.05) is 43.1 Å². The fourth-order valence-electron chi connectivity index (χ4n) is 4.76. The minimum atomic E-state index is -4.47. The van der Waals surface area contributed by atoms with E-state index >= 15 is 0 Å². The lowest BCUT2D eigenvalue weighted by molar-refractivity contribution is -0.137. The molecule has 2 aliphatic rings. The summed E-state index contributed by atoms with van der Waals surface area (Å²) in [7, 11) is 5.84. The maximum Gasteiger partial charge on any atom is 0.418 e. The topological polar surface area (TPSA) is 60.4 Å². The van der Waals surface area contributed by atoms with Crippen LogP contribution in [0.5, 0.6) is 0 Å². The molecular formula is C24H26F3N7. The van der Waals surface area contributed by atoms with Crippen LogP contribution in [0.2, 0.25) is 0 Å². The van der Waals surface area contributed by atoms with Gasteiger partial charge in [-0.3, -0.25) is 4.90 Å². The van der Waals surface area contributed by atoms with Gasteiger partial charge in [-0.15, -0.1) is 0 Å². The largest absolute Gasteiger partial charge is 0.418 e. The molecule has 2 aromatic heterocycles. The molecule has 0 saturated carbocycles. The third-order valence-corrected chi connectivity index (χ3v) is 6.54. The van der Waals surface area contributed by atoms with Crippen molar-refractivity contribution in [1.82, 2.24) is 19.9 Å². The maximum absolute atomic E-state index is 14.0. The number of likely N-dealkylation sites (N-methyl/N-ethyl adjacent to an activating group) is 1. The number of hydrogen-bond acceptors (Lipinski definition) is 7. The molecule has 2 aliphatic heterocycles. The predicted molar refractivity (Wildman–Crippen MR) is 126 cm³/mol. The highest BCUT2D eigenvalue weighted by atomic mass is 19.4. The van der Waals surface area contributed by atoms with Gasteiger partial charge in [0.2, 0.25) is 5.95 Å². The molecule has 7 nitrogen and oxygen atoms in total. The second-order valence-electron chi connectivity index (χ2n) is 9.05. The number of nitrogens with zero attached hydrogens (tertiary/aromatic N) is 6. The van der Waals surface area contributed by atoms with Crippen LogP contribution in [0.3, 0.4) is 0 Å². The van der Waals surface area contributed by atoms with Crippen molar-refractivity contribution in [1.29, 1.82) is 0 Å². The molecule has 0 spiro atoms. The van der Waals surface area contributed by atoms with Gasteiger partial charge in [0.1, 0.15) is 5.82 Å². The van der Waals surface area contributed by atoms with Crippen molar-refractivity contribution in [2.75, 3.05) is 49.3 Å². The summed E-state index contributed by atoms with van der Waals surface area (Å²) in [5.41, 5.74) is 1.29. The second-order valence-corrected chi connectivity index (χ2v) is 9.05. The quantitative estimate of drug-likeness (QED) is 0.599. The Labute approximate surface area is 196 Å². The lowest BCUT2D eigenvalue weighted by atomic mass is 10.1. The molecule has 2 bridgehead atoms. The molecule has 0 amide bonds. The van der Waals surface area contributed by atoms with E-state index < -0.39 is 11.7 Å². The third-order valence-electron chi connectivity index (χ3n) is 6.54. The van der Waals surface area contributed by atoms with E-state index in [-0.39, 0.29) is 23.4 Å². The molecule has 2 unspecified atom stereocenters. The first-order chi connectivity index (χ1) is 16.2. The zero-order valence-electron chi connectivity index (χ0n) is 19.2. The van der Waals surface area contributed by atoms with E-state index in [1.165, 1.54) is 0 Å². The number of nitrogens with one attached hydrogen (secondary N) is 1. The van der Waals surface area contributed by atoms with Crippen molar-refractivity contribution < 1.29 is 13.2 Å². The van der Waals surface area contributed by atoms with Crippen molar-refractivity contribution in [3.05, 3.63) is 54.4 Å². The maximum atomic E-state index is 14.0. The first-order valence-corrected chi connectivity index (χ1v) is 11.1. The third kappa shape index (κ3) is 4.25. The molecule has 0 radical (unpaired) electrons. The fourth-order valence-corrected chi connectivity index (χ4v) is 4.76. The van der Waals surface area contributed by atoms with Crippen LogP contribution in [0.1, 0.15) is 12.0 Å². The summed E-state index contributed by atoms with van der Waals surface area (Å²) < 4.78 is 42.0. The highest BCUT2D eigenvalue weighted by Gasteiger charge is 2.44. The van der Waals surface area contributed by atoms with Crippen LogP contribution in [-0.2, 0) is 6.18 Å². The Bertz CT molecular complexity index is 1180. The van der Waals surface area contributed by atoms with Gasteiger partial charge in [0.05, 0.1) is 11.3 Å². The molecule has 3 aromatic rings. The molecule has 34 heavy (non-hydrogen) atoms. The minimum absolute atomic E-state index is 0.113. The van der Waals surface area contributed by atoms with Crippen LogP contribution in [0.25, 0.3) is 11.3 Å². The van der Waals surface area contributed by atoms with Crippen molar-refractivity contribution in [3.63, 3.8) is 0 Å². The number of rotatable bonds is 5. The van der Waals surface area contributed by atoms with Crippen molar-refractivity contribution in [2.24, 2.45) is 0 Å². The molecule has 2 fully saturated rings. The first kappa shape index (κ1) is 22.4. The van der Waals surface area contributed by atoms with Crippen LogP contribution >= 0.6 is 0 Å². The fraction of sp³-hybridized carbons (Fsp3) is 0.375. The van der Waals surface area contributed by atoms with Gasteiger partial charge >= 0.3 is 6.18 Å². The van der Waals surface area contributed by atoms with Gasteiger partial charge in [0.15, 0.2) is 0 Å². The van der Waals surface area contributed by atoms with Crippen LogP contribution in [-0.4, -0.2) is 66.2 Å². The number of benzene rings is 1. The molecule has 1 N–H and O–H groups in total. The van der Waals surface area contributed by atoms with Gasteiger partial charge < -0.3 is 15.1 Å². The standard InChI is InChI=1S/C24H26F3N7/c1-32(2)22-7-4-15(12-29-22)20-8-9-28-23(31-20)30-16-5-6-21(19(10-16)24(25,26)27)34-14-17-11-18(34)13-33(17)3/h4-10,12,17-18H,11,13-14H2,1-3H3,(H,28,30,31). The molecule has 2 saturated heterocycles. The van der Waals surface area contributed by atoms with E-state index in [2.05, 4.69) is 25.2 Å². The zero-order valence-corrected chi connectivity index (χ0v) is 19.2. The summed E-state index contributed by atoms with van der Waals surface area (Å²) in [6, 6.07) is 10.3. The van der Waals surface area contributed by atoms with E-state index in [9.17, 15) is 13.2 Å². The first-order valence-electron chi connectivity index (χ1n) is 11.1. The summed E-state index contributed by atoms with van der Waals surface area (Å²) in [5, 5.41) is 2.94. The molecule has 10 heteroatoms. The van der Waals surface area contributed by atoms with E-state index in [0.29, 0.717) is 18.3 Å². The monoisotopic (exact) mass is 469 g/mol. The van der Waals surface area contributed by atoms with Crippen LogP contribution in [0.15, 0.2) is 48.8 Å². The number of piperazine rings is 1. The Kier molecular flexibility index (Phi) is 5.55. The SMILES string of the molecule is CN(C)c1ccc(-c2ccnc(Nc3ccc(N4CC5CC4CN5C)c(C(F)(F)F)c3)n2)cn1. The number of anilines is 4. The summed E-state index contributed by atoms with van der Waals surface area (Å²) in [5.74, 6) is 1.03. The van der Waals surface area contributed by atoms with Crippen LogP contribution in [0.4, 0.5) is 36.3 Å². The molecule has 1 aromatic carbocycles. The van der Waals surface area contributed by atoms with Crippen molar-refractivity contribution >= 4 is 23.1 Å². The predicted octanol–water partition coefficient (Wildman–Crippen LogP) is 4.26. The van der Waals surface area contributed by atoms with Gasteiger partial charge in [-0.05, 0) is 49.9 Å². The lowest BCUT2D eigenvalue weighted by Gasteiger charge is -2.35. The number of aromatic nitrogens is 3. The minimum Gasteiger partial charge on any atom is -0.365 e. The molecule has 4 heterocycles. The summed E-state index contributed by atoms with van der Waals surface area (Å²) in [6.45, 7) is 1.40. The zero-order chi connectivity index (χ0) is 24.0. The van der Waals surface area contributed by atoms with E-state index in [4.69, 9.17) is 0 Å². The Hall–Kier alpha value is -3.40. The number of likely N-dealkylation sites (tertiary alicyclic amines) is 1.